The molecule has 0 radical (unpaired) electrons. The average molecular weight is 198 g/mol. The standard InChI is InChI=1S/C12H26N2/c1-3-7-13(8-4-2)11-12-14-9-5-6-10-14/h3-12H2,1-2H3. The van der Waals surface area contributed by atoms with Crippen molar-refractivity contribution in [3.05, 3.63) is 0 Å². The zero-order valence-electron chi connectivity index (χ0n) is 9.97. The normalized spacial score (nSPS) is 18.2. The Hall–Kier alpha value is -0.0800. The molecule has 0 aromatic rings. The van der Waals surface area contributed by atoms with Crippen LogP contribution < -0.4 is 0 Å². The summed E-state index contributed by atoms with van der Waals surface area (Å²) in [7, 11) is 0. The quantitative estimate of drug-likeness (QED) is 0.619. The van der Waals surface area contributed by atoms with Crippen LogP contribution in [0.15, 0.2) is 0 Å². The Kier molecular flexibility index (Phi) is 6.20. The van der Waals surface area contributed by atoms with Gasteiger partial charge in [0.1, 0.15) is 0 Å². The van der Waals surface area contributed by atoms with Crippen molar-refractivity contribution in [3.63, 3.8) is 0 Å². The molecule has 0 amide bonds. The van der Waals surface area contributed by atoms with Crippen LogP contribution in [0.1, 0.15) is 39.5 Å². The monoisotopic (exact) mass is 198 g/mol. The highest BCUT2D eigenvalue weighted by atomic mass is 15.2. The Labute approximate surface area is 89.3 Å². The molecule has 1 aliphatic rings. The van der Waals surface area contributed by atoms with Gasteiger partial charge in [0.05, 0.1) is 0 Å². The minimum absolute atomic E-state index is 1.28. The maximum absolute atomic E-state index is 2.61. The van der Waals surface area contributed by atoms with Gasteiger partial charge in [0, 0.05) is 13.1 Å². The molecule has 0 unspecified atom stereocenters. The number of nitrogens with zero attached hydrogens (tertiary/aromatic N) is 2. The number of rotatable bonds is 7. The van der Waals surface area contributed by atoms with Gasteiger partial charge in [-0.05, 0) is 51.9 Å². The molecular weight excluding hydrogens is 172 g/mol. The van der Waals surface area contributed by atoms with Gasteiger partial charge in [-0.15, -0.1) is 0 Å². The molecule has 0 bridgehead atoms. The fraction of sp³-hybridized carbons (Fsp3) is 1.00. The molecule has 2 heteroatoms. The van der Waals surface area contributed by atoms with E-state index in [1.807, 2.05) is 0 Å². The first-order valence-corrected chi connectivity index (χ1v) is 6.31. The van der Waals surface area contributed by atoms with Crippen LogP contribution in [0.4, 0.5) is 0 Å². The van der Waals surface area contributed by atoms with Gasteiger partial charge in [0.15, 0.2) is 0 Å². The molecule has 1 saturated heterocycles. The van der Waals surface area contributed by atoms with Crippen LogP contribution in [0.2, 0.25) is 0 Å². The third-order valence-electron chi connectivity index (χ3n) is 3.01. The van der Waals surface area contributed by atoms with E-state index in [0.717, 1.165) is 0 Å². The van der Waals surface area contributed by atoms with E-state index in [-0.39, 0.29) is 0 Å². The lowest BCUT2D eigenvalue weighted by Crippen LogP contribution is -2.34. The van der Waals surface area contributed by atoms with Gasteiger partial charge in [-0.25, -0.2) is 0 Å². The molecule has 0 N–H and O–H groups in total. The first-order valence-electron chi connectivity index (χ1n) is 6.31. The molecule has 1 aliphatic heterocycles. The first kappa shape index (κ1) is 12.0. The Balaban J connectivity index is 2.10. The van der Waals surface area contributed by atoms with E-state index < -0.39 is 0 Å². The highest BCUT2D eigenvalue weighted by Crippen LogP contribution is 2.06. The summed E-state index contributed by atoms with van der Waals surface area (Å²) >= 11 is 0. The Morgan fingerprint density at radius 3 is 2.00 bits per heavy atom. The summed E-state index contributed by atoms with van der Waals surface area (Å²) in [4.78, 5) is 5.22. The van der Waals surface area contributed by atoms with Crippen molar-refractivity contribution in [1.29, 1.82) is 0 Å². The van der Waals surface area contributed by atoms with Crippen molar-refractivity contribution in [2.24, 2.45) is 0 Å². The van der Waals surface area contributed by atoms with Gasteiger partial charge < -0.3 is 9.80 Å². The Bertz CT molecular complexity index is 124. The summed E-state index contributed by atoms with van der Waals surface area (Å²) in [6, 6.07) is 0. The van der Waals surface area contributed by atoms with Crippen LogP contribution in [0.5, 0.6) is 0 Å². The summed E-state index contributed by atoms with van der Waals surface area (Å²) < 4.78 is 0. The van der Waals surface area contributed by atoms with E-state index >= 15 is 0 Å². The molecule has 0 atom stereocenters. The van der Waals surface area contributed by atoms with Gasteiger partial charge in [0.2, 0.25) is 0 Å². The third kappa shape index (κ3) is 4.43. The van der Waals surface area contributed by atoms with Gasteiger partial charge >= 0.3 is 0 Å². The van der Waals surface area contributed by atoms with E-state index in [0.29, 0.717) is 0 Å². The molecule has 14 heavy (non-hydrogen) atoms. The smallest absolute Gasteiger partial charge is 0.0109 e. The predicted molar refractivity (Wildman–Crippen MR) is 62.7 cm³/mol. The van der Waals surface area contributed by atoms with Gasteiger partial charge in [-0.2, -0.15) is 0 Å². The zero-order valence-corrected chi connectivity index (χ0v) is 9.97. The summed E-state index contributed by atoms with van der Waals surface area (Å²) in [5, 5.41) is 0. The first-order chi connectivity index (χ1) is 6.86. The van der Waals surface area contributed by atoms with Crippen LogP contribution in [-0.4, -0.2) is 49.1 Å². The Morgan fingerprint density at radius 2 is 1.50 bits per heavy atom. The van der Waals surface area contributed by atoms with Crippen molar-refractivity contribution in [2.75, 3.05) is 39.3 Å². The maximum Gasteiger partial charge on any atom is 0.0109 e. The van der Waals surface area contributed by atoms with Crippen molar-refractivity contribution >= 4 is 0 Å². The molecule has 2 nitrogen and oxygen atoms in total. The van der Waals surface area contributed by atoms with E-state index in [9.17, 15) is 0 Å². The molecular formula is C12H26N2. The third-order valence-corrected chi connectivity index (χ3v) is 3.01. The highest BCUT2D eigenvalue weighted by molar-refractivity contribution is 4.68. The van der Waals surface area contributed by atoms with Crippen molar-refractivity contribution in [2.45, 2.75) is 39.5 Å². The van der Waals surface area contributed by atoms with E-state index in [1.165, 1.54) is 65.0 Å². The van der Waals surface area contributed by atoms with E-state index in [1.54, 1.807) is 0 Å². The van der Waals surface area contributed by atoms with Crippen LogP contribution in [-0.2, 0) is 0 Å². The predicted octanol–water partition coefficient (Wildman–Crippen LogP) is 2.20. The number of hydrogen-bond donors (Lipinski definition) is 0. The highest BCUT2D eigenvalue weighted by Gasteiger charge is 2.12. The molecule has 0 aromatic carbocycles. The van der Waals surface area contributed by atoms with Crippen LogP contribution in [0.3, 0.4) is 0 Å². The number of likely N-dealkylation sites (tertiary alicyclic amines) is 1. The minimum atomic E-state index is 1.28. The summed E-state index contributed by atoms with van der Waals surface area (Å²) in [5.74, 6) is 0. The van der Waals surface area contributed by atoms with Gasteiger partial charge in [0.25, 0.3) is 0 Å². The van der Waals surface area contributed by atoms with Crippen LogP contribution >= 0.6 is 0 Å². The van der Waals surface area contributed by atoms with Gasteiger partial charge in [-0.1, -0.05) is 13.8 Å². The molecule has 1 fully saturated rings. The van der Waals surface area contributed by atoms with Crippen molar-refractivity contribution in [3.8, 4) is 0 Å². The fourth-order valence-corrected chi connectivity index (χ4v) is 2.26. The fourth-order valence-electron chi connectivity index (χ4n) is 2.26. The van der Waals surface area contributed by atoms with Crippen LogP contribution in [0.25, 0.3) is 0 Å². The van der Waals surface area contributed by atoms with Gasteiger partial charge in [-0.3, -0.25) is 0 Å². The summed E-state index contributed by atoms with van der Waals surface area (Å²) in [6.45, 7) is 12.4. The average Bonchev–Trinajstić information content (AvgIpc) is 2.67. The van der Waals surface area contributed by atoms with Crippen molar-refractivity contribution < 1.29 is 0 Å². The SMILES string of the molecule is CCCN(CCC)CCN1CCCC1. The molecule has 0 aliphatic carbocycles. The molecule has 0 spiro atoms. The molecule has 84 valence electrons. The van der Waals surface area contributed by atoms with E-state index in [4.69, 9.17) is 0 Å². The second-order valence-corrected chi connectivity index (χ2v) is 4.39. The molecule has 0 aromatic heterocycles. The molecule has 1 heterocycles. The van der Waals surface area contributed by atoms with E-state index in [2.05, 4.69) is 23.6 Å². The topological polar surface area (TPSA) is 6.48 Å². The lowest BCUT2D eigenvalue weighted by molar-refractivity contribution is 0.225. The summed E-state index contributed by atoms with van der Waals surface area (Å²) in [5.41, 5.74) is 0. The lowest BCUT2D eigenvalue weighted by atomic mass is 10.3. The van der Waals surface area contributed by atoms with Crippen LogP contribution in [0, 0.1) is 0 Å². The number of hydrogen-bond acceptors (Lipinski definition) is 2. The largest absolute Gasteiger partial charge is 0.302 e. The van der Waals surface area contributed by atoms with Crippen molar-refractivity contribution in [1.82, 2.24) is 9.80 Å². The minimum Gasteiger partial charge on any atom is -0.302 e. The lowest BCUT2D eigenvalue weighted by Gasteiger charge is -2.24. The molecule has 1 rings (SSSR count). The zero-order chi connectivity index (χ0) is 10.2. The second kappa shape index (κ2) is 7.24. The Morgan fingerprint density at radius 1 is 0.929 bits per heavy atom. The second-order valence-electron chi connectivity index (χ2n) is 4.39. The molecule has 0 saturated carbocycles. The summed E-state index contributed by atoms with van der Waals surface area (Å²) in [6.07, 6.45) is 5.42. The maximum atomic E-state index is 2.61.